The first kappa shape index (κ1) is 21.8. The van der Waals surface area contributed by atoms with Gasteiger partial charge in [-0.25, -0.2) is 4.39 Å². The Morgan fingerprint density at radius 1 is 0.939 bits per heavy atom. The summed E-state index contributed by atoms with van der Waals surface area (Å²) in [7, 11) is 0. The number of para-hydroxylation sites is 1. The molecule has 0 aliphatic carbocycles. The number of primary amides is 1. The molecule has 3 amide bonds. The van der Waals surface area contributed by atoms with Gasteiger partial charge in [0.05, 0.1) is 5.56 Å². The summed E-state index contributed by atoms with van der Waals surface area (Å²) in [5, 5.41) is 6.25. The summed E-state index contributed by atoms with van der Waals surface area (Å²) >= 11 is 0. The molecule has 0 radical (unpaired) electrons. The summed E-state index contributed by atoms with van der Waals surface area (Å²) in [4.78, 5) is 36.6. The van der Waals surface area contributed by atoms with Crippen molar-refractivity contribution in [1.29, 1.82) is 0 Å². The second-order valence-electron chi connectivity index (χ2n) is 7.49. The average molecular weight is 444 g/mol. The van der Waals surface area contributed by atoms with Crippen molar-refractivity contribution in [2.45, 2.75) is 13.1 Å². The van der Waals surface area contributed by atoms with Crippen molar-refractivity contribution >= 4 is 34.3 Å². The van der Waals surface area contributed by atoms with Crippen molar-refractivity contribution in [2.24, 2.45) is 5.73 Å². The van der Waals surface area contributed by atoms with E-state index in [1.807, 2.05) is 18.2 Å². The summed E-state index contributed by atoms with van der Waals surface area (Å²) in [5.74, 6) is -1.72. The van der Waals surface area contributed by atoms with E-state index in [4.69, 9.17) is 5.73 Å². The molecule has 0 aliphatic rings. The van der Waals surface area contributed by atoms with Gasteiger partial charge < -0.3 is 20.9 Å². The predicted octanol–water partition coefficient (Wildman–Crippen LogP) is 3.45. The molecule has 0 atom stereocenters. The molecule has 3 aromatic carbocycles. The normalized spacial score (nSPS) is 10.7. The van der Waals surface area contributed by atoms with Gasteiger partial charge in [-0.3, -0.25) is 14.4 Å². The van der Waals surface area contributed by atoms with E-state index in [9.17, 15) is 18.8 Å². The summed E-state index contributed by atoms with van der Waals surface area (Å²) in [6.45, 7) is 0.258. The fourth-order valence-corrected chi connectivity index (χ4v) is 3.58. The van der Waals surface area contributed by atoms with Gasteiger partial charge in [0.2, 0.25) is 5.91 Å². The van der Waals surface area contributed by atoms with Crippen molar-refractivity contribution in [3.63, 3.8) is 0 Å². The Kier molecular flexibility index (Phi) is 6.17. The van der Waals surface area contributed by atoms with Gasteiger partial charge in [-0.2, -0.15) is 0 Å². The van der Waals surface area contributed by atoms with Crippen LogP contribution in [0.3, 0.4) is 0 Å². The number of amides is 3. The third-order valence-electron chi connectivity index (χ3n) is 5.13. The van der Waals surface area contributed by atoms with Crippen LogP contribution in [0.4, 0.5) is 10.1 Å². The predicted molar refractivity (Wildman–Crippen MR) is 123 cm³/mol. The summed E-state index contributed by atoms with van der Waals surface area (Å²) in [5.41, 5.74) is 8.06. The molecule has 0 unspecified atom stereocenters. The van der Waals surface area contributed by atoms with Gasteiger partial charge in [-0.1, -0.05) is 36.4 Å². The number of carbonyl (C=O) groups excluding carboxylic acids is 3. The molecular weight excluding hydrogens is 423 g/mol. The fraction of sp³-hybridized carbons (Fsp3) is 0.0800. The Labute approximate surface area is 189 Å². The van der Waals surface area contributed by atoms with E-state index in [2.05, 4.69) is 10.6 Å². The van der Waals surface area contributed by atoms with Crippen LogP contribution in [0.15, 0.2) is 79.0 Å². The third kappa shape index (κ3) is 5.07. The van der Waals surface area contributed by atoms with Gasteiger partial charge in [0.25, 0.3) is 11.8 Å². The number of benzene rings is 3. The van der Waals surface area contributed by atoms with Crippen LogP contribution in [-0.2, 0) is 17.9 Å². The first-order chi connectivity index (χ1) is 15.9. The number of hydrogen-bond acceptors (Lipinski definition) is 3. The molecule has 0 bridgehead atoms. The van der Waals surface area contributed by atoms with Gasteiger partial charge in [0, 0.05) is 34.9 Å². The molecule has 0 fully saturated rings. The van der Waals surface area contributed by atoms with Crippen LogP contribution in [0.5, 0.6) is 0 Å². The summed E-state index contributed by atoms with van der Waals surface area (Å²) < 4.78 is 15.0. The van der Waals surface area contributed by atoms with E-state index in [0.29, 0.717) is 16.6 Å². The number of halogens is 1. The number of fused-ring (bicyclic) bond motifs is 1. The van der Waals surface area contributed by atoms with Crippen LogP contribution >= 0.6 is 0 Å². The van der Waals surface area contributed by atoms with Gasteiger partial charge >= 0.3 is 0 Å². The van der Waals surface area contributed by atoms with Crippen molar-refractivity contribution < 1.29 is 18.8 Å². The molecule has 0 saturated heterocycles. The number of hydrogen-bond donors (Lipinski definition) is 3. The fourth-order valence-electron chi connectivity index (χ4n) is 3.58. The highest BCUT2D eigenvalue weighted by Crippen LogP contribution is 2.21. The Morgan fingerprint density at radius 3 is 2.52 bits per heavy atom. The third-order valence-corrected chi connectivity index (χ3v) is 5.13. The monoisotopic (exact) mass is 444 g/mol. The molecule has 4 N–H and O–H groups in total. The highest BCUT2D eigenvalue weighted by atomic mass is 19.1. The first-order valence-electron chi connectivity index (χ1n) is 10.2. The zero-order valence-corrected chi connectivity index (χ0v) is 17.5. The largest absolute Gasteiger partial charge is 0.366 e. The van der Waals surface area contributed by atoms with Crippen LogP contribution in [0.2, 0.25) is 0 Å². The van der Waals surface area contributed by atoms with Gasteiger partial charge in [-0.15, -0.1) is 0 Å². The molecule has 1 aromatic heterocycles. The van der Waals surface area contributed by atoms with Crippen LogP contribution in [-0.4, -0.2) is 22.3 Å². The first-order valence-corrected chi connectivity index (χ1v) is 10.2. The average Bonchev–Trinajstić information content (AvgIpc) is 3.17. The lowest BCUT2D eigenvalue weighted by molar-refractivity contribution is -0.121. The molecule has 166 valence electrons. The SMILES string of the molecule is NC(=O)c1cn(CC(=O)NCc2cccc(NC(=O)c3cccc(F)c3)c2)c2ccccc12. The molecule has 4 aromatic rings. The van der Waals surface area contributed by atoms with E-state index in [0.717, 1.165) is 17.1 Å². The van der Waals surface area contributed by atoms with Crippen molar-refractivity contribution in [3.05, 3.63) is 102 Å². The van der Waals surface area contributed by atoms with E-state index in [-0.39, 0.29) is 24.6 Å². The summed E-state index contributed by atoms with van der Waals surface area (Å²) in [6.07, 6.45) is 1.58. The molecule has 4 rings (SSSR count). The molecule has 8 heteroatoms. The minimum Gasteiger partial charge on any atom is -0.366 e. The number of nitrogens with two attached hydrogens (primary N) is 1. The topological polar surface area (TPSA) is 106 Å². The maximum absolute atomic E-state index is 13.3. The van der Waals surface area contributed by atoms with E-state index in [1.165, 1.54) is 18.2 Å². The van der Waals surface area contributed by atoms with Crippen molar-refractivity contribution in [2.75, 3.05) is 5.32 Å². The highest BCUT2D eigenvalue weighted by Gasteiger charge is 2.14. The quantitative estimate of drug-likeness (QED) is 0.406. The van der Waals surface area contributed by atoms with Gasteiger partial charge in [-0.05, 0) is 42.0 Å². The zero-order chi connectivity index (χ0) is 23.4. The second-order valence-corrected chi connectivity index (χ2v) is 7.49. The van der Waals surface area contributed by atoms with Crippen molar-refractivity contribution in [3.8, 4) is 0 Å². The maximum atomic E-state index is 13.3. The molecule has 33 heavy (non-hydrogen) atoms. The van der Waals surface area contributed by atoms with Gasteiger partial charge in [0.1, 0.15) is 12.4 Å². The van der Waals surface area contributed by atoms with E-state index >= 15 is 0 Å². The number of rotatable bonds is 7. The maximum Gasteiger partial charge on any atom is 0.255 e. The zero-order valence-electron chi connectivity index (χ0n) is 17.5. The number of aromatic nitrogens is 1. The highest BCUT2D eigenvalue weighted by molar-refractivity contribution is 6.06. The molecule has 0 aliphatic heterocycles. The van der Waals surface area contributed by atoms with Crippen LogP contribution in [0.25, 0.3) is 10.9 Å². The number of carbonyl (C=O) groups is 3. The smallest absolute Gasteiger partial charge is 0.255 e. The second kappa shape index (κ2) is 9.35. The Hall–Kier alpha value is -4.46. The summed E-state index contributed by atoms with van der Waals surface area (Å²) in [6, 6.07) is 19.7. The van der Waals surface area contributed by atoms with Crippen molar-refractivity contribution in [1.82, 2.24) is 9.88 Å². The van der Waals surface area contributed by atoms with Gasteiger partial charge in [0.15, 0.2) is 0 Å². The standard InChI is InChI=1S/C25H21FN4O3/c26-18-7-4-6-17(12-18)25(33)29-19-8-3-5-16(11-19)13-28-23(31)15-30-14-21(24(27)32)20-9-1-2-10-22(20)30/h1-12,14H,13,15H2,(H2,27,32)(H,28,31)(H,29,33). The van der Waals surface area contributed by atoms with Crippen LogP contribution in [0, 0.1) is 5.82 Å². The minimum absolute atomic E-state index is 0.0177. The molecule has 7 nitrogen and oxygen atoms in total. The number of nitrogens with one attached hydrogen (secondary N) is 2. The molecule has 0 saturated carbocycles. The number of anilines is 1. The Morgan fingerprint density at radius 2 is 1.73 bits per heavy atom. The van der Waals surface area contributed by atoms with Crippen LogP contribution in [0.1, 0.15) is 26.3 Å². The lowest BCUT2D eigenvalue weighted by atomic mass is 10.1. The molecule has 0 spiro atoms. The van der Waals surface area contributed by atoms with E-state index < -0.39 is 17.6 Å². The Balaban J connectivity index is 1.40. The minimum atomic E-state index is -0.553. The van der Waals surface area contributed by atoms with E-state index in [1.54, 1.807) is 41.1 Å². The Bertz CT molecular complexity index is 1360. The van der Waals surface area contributed by atoms with Crippen LogP contribution < -0.4 is 16.4 Å². The number of nitrogens with zero attached hydrogens (tertiary/aromatic N) is 1. The molecule has 1 heterocycles. The lowest BCUT2D eigenvalue weighted by Gasteiger charge is -2.10. The lowest BCUT2D eigenvalue weighted by Crippen LogP contribution is -2.27. The molecular formula is C25H21FN4O3.